The van der Waals surface area contributed by atoms with Crippen LogP contribution in [-0.4, -0.2) is 29.2 Å². The van der Waals surface area contributed by atoms with Crippen molar-refractivity contribution in [3.8, 4) is 0 Å². The number of ether oxygens (including phenoxy) is 1. The Bertz CT molecular complexity index is 358. The quantitative estimate of drug-likeness (QED) is 0.820. The van der Waals surface area contributed by atoms with Crippen LogP contribution in [0, 0.1) is 0 Å². The Morgan fingerprint density at radius 1 is 1.35 bits per heavy atom. The zero-order chi connectivity index (χ0) is 12.8. The minimum absolute atomic E-state index is 0.177. The smallest absolute Gasteiger partial charge is 0.134 e. The van der Waals surface area contributed by atoms with Crippen molar-refractivity contribution < 1.29 is 4.74 Å². The van der Waals surface area contributed by atoms with E-state index >= 15 is 0 Å². The molecule has 5 heteroatoms. The Labute approximate surface area is 111 Å². The molecule has 1 atom stereocenters. The Morgan fingerprint density at radius 3 is 2.65 bits per heavy atom. The molecule has 1 aromatic heterocycles. The molecular formula is C12H20BrN3O. The van der Waals surface area contributed by atoms with Crippen LogP contribution >= 0.6 is 15.9 Å². The van der Waals surface area contributed by atoms with Crippen LogP contribution in [0.15, 0.2) is 10.7 Å². The largest absolute Gasteiger partial charge is 0.377 e. The van der Waals surface area contributed by atoms with Gasteiger partial charge in [-0.2, -0.15) is 0 Å². The highest BCUT2D eigenvalue weighted by Gasteiger charge is 2.07. The average molecular weight is 302 g/mol. The molecule has 1 N–H and O–H groups in total. The molecule has 0 spiro atoms. The maximum absolute atomic E-state index is 5.45. The van der Waals surface area contributed by atoms with Gasteiger partial charge in [0.05, 0.1) is 6.10 Å². The first-order valence-electron chi connectivity index (χ1n) is 5.92. The monoisotopic (exact) mass is 301 g/mol. The highest BCUT2D eigenvalue weighted by Crippen LogP contribution is 2.17. The normalized spacial score (nSPS) is 12.8. The van der Waals surface area contributed by atoms with Crippen LogP contribution in [0.4, 0.5) is 5.82 Å². The predicted molar refractivity (Wildman–Crippen MR) is 73.4 cm³/mol. The first-order chi connectivity index (χ1) is 8.02. The summed E-state index contributed by atoms with van der Waals surface area (Å²) in [5.74, 6) is 1.99. The summed E-state index contributed by atoms with van der Waals surface area (Å²) in [5, 5.41) is 3.26. The number of rotatable bonds is 6. The topological polar surface area (TPSA) is 47.0 Å². The molecule has 0 saturated carbocycles. The summed E-state index contributed by atoms with van der Waals surface area (Å²) in [4.78, 5) is 8.79. The molecule has 1 aromatic rings. The van der Waals surface area contributed by atoms with Crippen LogP contribution in [0.3, 0.4) is 0 Å². The zero-order valence-electron chi connectivity index (χ0n) is 10.8. The molecule has 0 aromatic carbocycles. The van der Waals surface area contributed by atoms with Crippen LogP contribution in [0.2, 0.25) is 0 Å². The summed E-state index contributed by atoms with van der Waals surface area (Å²) >= 11 is 3.40. The van der Waals surface area contributed by atoms with Crippen LogP contribution in [0.25, 0.3) is 0 Å². The molecule has 1 rings (SSSR count). The SMILES string of the molecule is CCOC(C)CNc1cc(Br)nc(C(C)C)n1. The van der Waals surface area contributed by atoms with Crippen molar-refractivity contribution in [2.75, 3.05) is 18.5 Å². The fourth-order valence-corrected chi connectivity index (χ4v) is 1.77. The Hall–Kier alpha value is -0.680. The average Bonchev–Trinajstić information content (AvgIpc) is 2.26. The summed E-state index contributed by atoms with van der Waals surface area (Å²) in [7, 11) is 0. The van der Waals surface area contributed by atoms with Gasteiger partial charge in [0.15, 0.2) is 0 Å². The third-order valence-electron chi connectivity index (χ3n) is 2.25. The molecule has 0 radical (unpaired) electrons. The van der Waals surface area contributed by atoms with Gasteiger partial charge in [-0.05, 0) is 29.8 Å². The molecular weight excluding hydrogens is 282 g/mol. The van der Waals surface area contributed by atoms with Crippen LogP contribution in [-0.2, 0) is 4.74 Å². The summed E-state index contributed by atoms with van der Waals surface area (Å²) in [6, 6.07) is 1.88. The molecule has 17 heavy (non-hydrogen) atoms. The number of anilines is 1. The van der Waals surface area contributed by atoms with Crippen molar-refractivity contribution >= 4 is 21.7 Å². The molecule has 0 amide bonds. The number of halogens is 1. The summed E-state index contributed by atoms with van der Waals surface area (Å²) in [6.45, 7) is 9.66. The van der Waals surface area contributed by atoms with Gasteiger partial charge in [-0.1, -0.05) is 13.8 Å². The summed E-state index contributed by atoms with van der Waals surface area (Å²) in [5.41, 5.74) is 0. The predicted octanol–water partition coefficient (Wildman–Crippen LogP) is 3.20. The van der Waals surface area contributed by atoms with Crippen LogP contribution < -0.4 is 5.32 Å². The molecule has 0 aliphatic carbocycles. The van der Waals surface area contributed by atoms with Gasteiger partial charge in [0, 0.05) is 25.1 Å². The highest BCUT2D eigenvalue weighted by molar-refractivity contribution is 9.10. The first kappa shape index (κ1) is 14.4. The lowest BCUT2D eigenvalue weighted by Gasteiger charge is -2.14. The second-order valence-corrected chi connectivity index (χ2v) is 5.05. The lowest BCUT2D eigenvalue weighted by molar-refractivity contribution is 0.0855. The van der Waals surface area contributed by atoms with E-state index in [1.807, 2.05) is 19.9 Å². The maximum atomic E-state index is 5.45. The van der Waals surface area contributed by atoms with Crippen LogP contribution in [0.5, 0.6) is 0 Å². The van der Waals surface area contributed by atoms with Crippen LogP contribution in [0.1, 0.15) is 39.4 Å². The molecule has 0 aliphatic rings. The number of nitrogens with zero attached hydrogens (tertiary/aromatic N) is 2. The van der Waals surface area contributed by atoms with Gasteiger partial charge in [-0.15, -0.1) is 0 Å². The lowest BCUT2D eigenvalue weighted by Crippen LogP contribution is -2.20. The van der Waals surface area contributed by atoms with Gasteiger partial charge in [0.2, 0.25) is 0 Å². The number of hydrogen-bond donors (Lipinski definition) is 1. The van der Waals surface area contributed by atoms with E-state index in [4.69, 9.17) is 4.74 Å². The number of hydrogen-bond acceptors (Lipinski definition) is 4. The summed E-state index contributed by atoms with van der Waals surface area (Å²) < 4.78 is 6.26. The zero-order valence-corrected chi connectivity index (χ0v) is 12.4. The minimum Gasteiger partial charge on any atom is -0.377 e. The summed E-state index contributed by atoms with van der Waals surface area (Å²) in [6.07, 6.45) is 0.177. The van der Waals surface area contributed by atoms with E-state index in [9.17, 15) is 0 Å². The molecule has 96 valence electrons. The Morgan fingerprint density at radius 2 is 2.06 bits per heavy atom. The van der Waals surface area contributed by atoms with E-state index in [-0.39, 0.29) is 6.10 Å². The van der Waals surface area contributed by atoms with E-state index in [0.29, 0.717) is 5.92 Å². The Kier molecular flexibility index (Phi) is 5.85. The van der Waals surface area contributed by atoms with Gasteiger partial charge in [0.1, 0.15) is 16.2 Å². The lowest BCUT2D eigenvalue weighted by atomic mass is 10.2. The Balaban J connectivity index is 2.64. The third kappa shape index (κ3) is 5.00. The van der Waals surface area contributed by atoms with Crippen molar-refractivity contribution in [1.82, 2.24) is 9.97 Å². The molecule has 4 nitrogen and oxygen atoms in total. The van der Waals surface area contributed by atoms with Gasteiger partial charge in [0.25, 0.3) is 0 Å². The molecule has 0 saturated heterocycles. The first-order valence-corrected chi connectivity index (χ1v) is 6.72. The van der Waals surface area contributed by atoms with Gasteiger partial charge < -0.3 is 10.1 Å². The molecule has 1 heterocycles. The van der Waals surface area contributed by atoms with Gasteiger partial charge >= 0.3 is 0 Å². The standard InChI is InChI=1S/C12H20BrN3O/c1-5-17-9(4)7-14-11-6-10(13)15-12(16-11)8(2)3/h6,8-9H,5,7H2,1-4H3,(H,14,15,16). The minimum atomic E-state index is 0.177. The second-order valence-electron chi connectivity index (χ2n) is 4.24. The van der Waals surface area contributed by atoms with E-state index in [0.717, 1.165) is 29.4 Å². The van der Waals surface area contributed by atoms with Crippen molar-refractivity contribution in [2.45, 2.75) is 39.7 Å². The van der Waals surface area contributed by atoms with Crippen molar-refractivity contribution in [1.29, 1.82) is 0 Å². The molecule has 0 bridgehead atoms. The van der Waals surface area contributed by atoms with E-state index in [1.165, 1.54) is 0 Å². The maximum Gasteiger partial charge on any atom is 0.134 e. The van der Waals surface area contributed by atoms with E-state index < -0.39 is 0 Å². The number of nitrogens with one attached hydrogen (secondary N) is 1. The highest BCUT2D eigenvalue weighted by atomic mass is 79.9. The van der Waals surface area contributed by atoms with Crippen molar-refractivity contribution in [2.24, 2.45) is 0 Å². The van der Waals surface area contributed by atoms with Gasteiger partial charge in [-0.25, -0.2) is 9.97 Å². The fourth-order valence-electron chi connectivity index (χ4n) is 1.38. The van der Waals surface area contributed by atoms with Gasteiger partial charge in [-0.3, -0.25) is 0 Å². The molecule has 0 fully saturated rings. The van der Waals surface area contributed by atoms with Crippen molar-refractivity contribution in [3.05, 3.63) is 16.5 Å². The second kappa shape index (κ2) is 6.91. The van der Waals surface area contributed by atoms with Crippen molar-refractivity contribution in [3.63, 3.8) is 0 Å². The molecule has 1 unspecified atom stereocenters. The third-order valence-corrected chi connectivity index (χ3v) is 2.66. The van der Waals surface area contributed by atoms with E-state index in [1.54, 1.807) is 0 Å². The van der Waals surface area contributed by atoms with E-state index in [2.05, 4.69) is 45.1 Å². The fraction of sp³-hybridized carbons (Fsp3) is 0.667. The molecule has 0 aliphatic heterocycles. The number of aromatic nitrogens is 2.